The SMILES string of the molecule is N#Cc1ccc(OCc2cc(C(N)=O)ccc2F)cc1F. The molecule has 0 atom stereocenters. The van der Waals surface area contributed by atoms with Crippen LogP contribution in [0.2, 0.25) is 0 Å². The van der Waals surface area contributed by atoms with Gasteiger partial charge in [-0.05, 0) is 30.3 Å². The number of carbonyl (C=O) groups is 1. The van der Waals surface area contributed by atoms with E-state index in [1.54, 1.807) is 6.07 Å². The molecule has 21 heavy (non-hydrogen) atoms. The van der Waals surface area contributed by atoms with Crippen molar-refractivity contribution in [1.29, 1.82) is 5.26 Å². The van der Waals surface area contributed by atoms with E-state index in [1.165, 1.54) is 24.3 Å². The van der Waals surface area contributed by atoms with Crippen LogP contribution >= 0.6 is 0 Å². The lowest BCUT2D eigenvalue weighted by atomic mass is 10.1. The van der Waals surface area contributed by atoms with Gasteiger partial charge in [0.25, 0.3) is 0 Å². The van der Waals surface area contributed by atoms with Gasteiger partial charge in [-0.1, -0.05) is 0 Å². The number of rotatable bonds is 4. The molecule has 0 aromatic heterocycles. The minimum Gasteiger partial charge on any atom is -0.489 e. The summed E-state index contributed by atoms with van der Waals surface area (Å²) < 4.78 is 32.2. The van der Waals surface area contributed by atoms with Gasteiger partial charge in [-0.3, -0.25) is 4.79 Å². The van der Waals surface area contributed by atoms with E-state index in [0.29, 0.717) is 0 Å². The van der Waals surface area contributed by atoms with Crippen molar-refractivity contribution < 1.29 is 18.3 Å². The third kappa shape index (κ3) is 3.34. The normalized spacial score (nSPS) is 9.95. The summed E-state index contributed by atoms with van der Waals surface area (Å²) in [4.78, 5) is 11.0. The molecular weight excluding hydrogens is 278 g/mol. The number of primary amides is 1. The van der Waals surface area contributed by atoms with Gasteiger partial charge in [0.05, 0.1) is 5.56 Å². The van der Waals surface area contributed by atoms with Gasteiger partial charge in [0.2, 0.25) is 5.91 Å². The van der Waals surface area contributed by atoms with Gasteiger partial charge in [0.15, 0.2) is 0 Å². The molecule has 0 aliphatic carbocycles. The Balaban J connectivity index is 2.16. The Morgan fingerprint density at radius 1 is 1.19 bits per heavy atom. The molecule has 1 amide bonds. The third-order valence-electron chi connectivity index (χ3n) is 2.79. The largest absolute Gasteiger partial charge is 0.489 e. The maximum atomic E-state index is 13.6. The van der Waals surface area contributed by atoms with Crippen molar-refractivity contribution in [2.24, 2.45) is 5.73 Å². The Labute approximate surface area is 119 Å². The number of nitrogens with zero attached hydrogens (tertiary/aromatic N) is 1. The van der Waals surface area contributed by atoms with Crippen molar-refractivity contribution in [2.45, 2.75) is 6.61 Å². The second-order valence-electron chi connectivity index (χ2n) is 4.21. The molecule has 0 bridgehead atoms. The molecule has 0 unspecified atom stereocenters. The van der Waals surface area contributed by atoms with Crippen LogP contribution in [0, 0.1) is 23.0 Å². The maximum Gasteiger partial charge on any atom is 0.248 e. The van der Waals surface area contributed by atoms with E-state index in [9.17, 15) is 13.6 Å². The highest BCUT2D eigenvalue weighted by Gasteiger charge is 2.09. The first-order chi connectivity index (χ1) is 10.0. The van der Waals surface area contributed by atoms with Crippen LogP contribution in [0.4, 0.5) is 8.78 Å². The van der Waals surface area contributed by atoms with Crippen molar-refractivity contribution in [3.63, 3.8) is 0 Å². The molecule has 106 valence electrons. The zero-order chi connectivity index (χ0) is 15.4. The van der Waals surface area contributed by atoms with Crippen molar-refractivity contribution in [2.75, 3.05) is 0 Å². The summed E-state index contributed by atoms with van der Waals surface area (Å²) >= 11 is 0. The van der Waals surface area contributed by atoms with Crippen molar-refractivity contribution in [1.82, 2.24) is 0 Å². The molecule has 0 radical (unpaired) electrons. The zero-order valence-electron chi connectivity index (χ0n) is 10.8. The highest BCUT2D eigenvalue weighted by molar-refractivity contribution is 5.92. The molecule has 6 heteroatoms. The molecule has 0 fully saturated rings. The Bertz CT molecular complexity index is 739. The number of hydrogen-bond acceptors (Lipinski definition) is 3. The fourth-order valence-electron chi connectivity index (χ4n) is 1.68. The van der Waals surface area contributed by atoms with Crippen molar-refractivity contribution >= 4 is 5.91 Å². The Kier molecular flexibility index (Phi) is 4.14. The van der Waals surface area contributed by atoms with Crippen molar-refractivity contribution in [3.8, 4) is 11.8 Å². The van der Waals surface area contributed by atoms with Crippen LogP contribution in [0.5, 0.6) is 5.75 Å². The number of nitrogens with two attached hydrogens (primary N) is 1. The van der Waals surface area contributed by atoms with Gasteiger partial charge < -0.3 is 10.5 Å². The Hall–Kier alpha value is -2.94. The number of ether oxygens (including phenoxy) is 1. The smallest absolute Gasteiger partial charge is 0.248 e. The summed E-state index contributed by atoms with van der Waals surface area (Å²) in [5, 5.41) is 8.61. The molecule has 0 saturated heterocycles. The number of halogens is 2. The van der Waals surface area contributed by atoms with Crippen LogP contribution in [0.25, 0.3) is 0 Å². The fraction of sp³-hybridized carbons (Fsp3) is 0.0667. The number of nitriles is 1. The van der Waals surface area contributed by atoms with Gasteiger partial charge in [-0.15, -0.1) is 0 Å². The average Bonchev–Trinajstić information content (AvgIpc) is 2.46. The van der Waals surface area contributed by atoms with Gasteiger partial charge in [-0.25, -0.2) is 8.78 Å². The molecule has 0 saturated carbocycles. The number of amides is 1. The molecular formula is C15H10F2N2O2. The number of carbonyl (C=O) groups excluding carboxylic acids is 1. The first-order valence-electron chi connectivity index (χ1n) is 5.92. The summed E-state index contributed by atoms with van der Waals surface area (Å²) in [7, 11) is 0. The van der Waals surface area contributed by atoms with E-state index < -0.39 is 17.5 Å². The second kappa shape index (κ2) is 6.01. The molecule has 2 rings (SSSR count). The van der Waals surface area contributed by atoms with E-state index in [4.69, 9.17) is 15.7 Å². The van der Waals surface area contributed by atoms with Crippen LogP contribution in [0.15, 0.2) is 36.4 Å². The lowest BCUT2D eigenvalue weighted by Gasteiger charge is -2.08. The minimum atomic E-state index is -0.721. The summed E-state index contributed by atoms with van der Waals surface area (Å²) in [6, 6.07) is 9.04. The molecule has 0 heterocycles. The summed E-state index contributed by atoms with van der Waals surface area (Å²) in [5.41, 5.74) is 5.28. The average molecular weight is 288 g/mol. The van der Waals surface area contributed by atoms with Gasteiger partial charge in [0, 0.05) is 17.2 Å². The number of benzene rings is 2. The van der Waals surface area contributed by atoms with E-state index in [2.05, 4.69) is 0 Å². The molecule has 0 aliphatic heterocycles. The molecule has 2 N–H and O–H groups in total. The van der Waals surface area contributed by atoms with E-state index in [-0.39, 0.29) is 29.0 Å². The molecule has 0 aliphatic rings. The zero-order valence-corrected chi connectivity index (χ0v) is 10.8. The van der Waals surface area contributed by atoms with Gasteiger partial charge >= 0.3 is 0 Å². The second-order valence-corrected chi connectivity index (χ2v) is 4.21. The lowest BCUT2D eigenvalue weighted by molar-refractivity contribution is 0.1000. The predicted octanol–water partition coefficient (Wildman–Crippen LogP) is 2.51. The summed E-state index contributed by atoms with van der Waals surface area (Å²) in [5.74, 6) is -1.81. The van der Waals surface area contributed by atoms with Crippen LogP contribution in [-0.2, 0) is 6.61 Å². The van der Waals surface area contributed by atoms with E-state index >= 15 is 0 Å². The van der Waals surface area contributed by atoms with Crippen molar-refractivity contribution in [3.05, 3.63) is 64.7 Å². The van der Waals surface area contributed by atoms with E-state index in [1.807, 2.05) is 0 Å². The van der Waals surface area contributed by atoms with Crippen LogP contribution in [-0.4, -0.2) is 5.91 Å². The first-order valence-corrected chi connectivity index (χ1v) is 5.92. The summed E-state index contributed by atoms with van der Waals surface area (Å²) in [6.45, 7) is -0.196. The predicted molar refractivity (Wildman–Crippen MR) is 70.4 cm³/mol. The van der Waals surface area contributed by atoms with Gasteiger partial charge in [0.1, 0.15) is 30.1 Å². The van der Waals surface area contributed by atoms with Crippen LogP contribution < -0.4 is 10.5 Å². The third-order valence-corrected chi connectivity index (χ3v) is 2.79. The molecule has 0 spiro atoms. The van der Waals surface area contributed by atoms with Crippen LogP contribution in [0.3, 0.4) is 0 Å². The monoisotopic (exact) mass is 288 g/mol. The molecule has 2 aromatic carbocycles. The van der Waals surface area contributed by atoms with Gasteiger partial charge in [-0.2, -0.15) is 5.26 Å². The molecule has 4 nitrogen and oxygen atoms in total. The molecule has 2 aromatic rings. The highest BCUT2D eigenvalue weighted by Crippen LogP contribution is 2.19. The quantitative estimate of drug-likeness (QED) is 0.939. The standard InChI is InChI=1S/C15H10F2N2O2/c16-13-4-2-9(15(19)20)5-11(13)8-21-12-3-1-10(7-18)14(17)6-12/h1-6H,8H2,(H2,19,20). The Morgan fingerprint density at radius 3 is 2.57 bits per heavy atom. The topological polar surface area (TPSA) is 76.1 Å². The fourth-order valence-corrected chi connectivity index (χ4v) is 1.68. The lowest BCUT2D eigenvalue weighted by Crippen LogP contribution is -2.12. The Morgan fingerprint density at radius 2 is 1.95 bits per heavy atom. The van der Waals surface area contributed by atoms with Crippen LogP contribution in [0.1, 0.15) is 21.5 Å². The summed E-state index contributed by atoms with van der Waals surface area (Å²) in [6.07, 6.45) is 0. The number of hydrogen-bond donors (Lipinski definition) is 1. The maximum absolute atomic E-state index is 13.6. The minimum absolute atomic E-state index is 0.107. The highest BCUT2D eigenvalue weighted by atomic mass is 19.1. The first kappa shape index (κ1) is 14.5. The van der Waals surface area contributed by atoms with E-state index in [0.717, 1.165) is 12.1 Å².